The average molecular weight is 505 g/mol. The van der Waals surface area contributed by atoms with Crippen molar-refractivity contribution in [3.8, 4) is 6.07 Å². The summed E-state index contributed by atoms with van der Waals surface area (Å²) < 4.78 is 45.6. The number of rotatable bonds is 9. The van der Waals surface area contributed by atoms with E-state index in [1.54, 1.807) is 17.2 Å². The number of piperidine rings is 1. The van der Waals surface area contributed by atoms with E-state index in [1.807, 2.05) is 17.2 Å². The van der Waals surface area contributed by atoms with Crippen LogP contribution in [0.3, 0.4) is 0 Å². The van der Waals surface area contributed by atoms with Gasteiger partial charge in [-0.25, -0.2) is 5.10 Å². The molecule has 2 N–H and O–H groups in total. The topological polar surface area (TPSA) is 124 Å². The first-order valence-corrected chi connectivity index (χ1v) is 11.9. The van der Waals surface area contributed by atoms with Crippen LogP contribution in [0.2, 0.25) is 0 Å². The number of hydrogen-bond acceptors (Lipinski definition) is 7. The molecule has 1 saturated carbocycles. The highest BCUT2D eigenvalue weighted by atomic mass is 19.4. The van der Waals surface area contributed by atoms with Gasteiger partial charge in [-0.05, 0) is 43.7 Å². The molecule has 0 spiro atoms. The van der Waals surface area contributed by atoms with Crippen molar-refractivity contribution >= 4 is 11.6 Å². The molecule has 0 unspecified atom stereocenters. The van der Waals surface area contributed by atoms with Gasteiger partial charge in [-0.1, -0.05) is 0 Å². The number of halogens is 3. The highest BCUT2D eigenvalue weighted by molar-refractivity contribution is 5.76. The summed E-state index contributed by atoms with van der Waals surface area (Å²) in [6.45, 7) is 1.48. The van der Waals surface area contributed by atoms with E-state index in [-0.39, 0.29) is 43.1 Å². The zero-order valence-electron chi connectivity index (χ0n) is 19.6. The second-order valence-corrected chi connectivity index (χ2v) is 9.14. The summed E-state index contributed by atoms with van der Waals surface area (Å²) in [6, 6.07) is 5.24. The van der Waals surface area contributed by atoms with Gasteiger partial charge in [0, 0.05) is 30.9 Å². The number of nitriles is 1. The Bertz CT molecular complexity index is 1150. The largest absolute Gasteiger partial charge is 0.423 e. The van der Waals surface area contributed by atoms with Gasteiger partial charge < -0.3 is 15.0 Å². The van der Waals surface area contributed by atoms with Gasteiger partial charge in [0.05, 0.1) is 43.1 Å². The lowest BCUT2D eigenvalue weighted by molar-refractivity contribution is -0.138. The predicted octanol–water partition coefficient (Wildman–Crippen LogP) is 3.06. The third-order valence-corrected chi connectivity index (χ3v) is 6.61. The van der Waals surface area contributed by atoms with E-state index in [0.29, 0.717) is 18.7 Å². The lowest BCUT2D eigenvalue weighted by Crippen LogP contribution is -2.38. The fourth-order valence-corrected chi connectivity index (χ4v) is 4.45. The molecular formula is C24H27F3N6O3. The molecule has 0 bridgehead atoms. The summed E-state index contributed by atoms with van der Waals surface area (Å²) in [6.07, 6.45) is 1.14. The van der Waals surface area contributed by atoms with Crippen LogP contribution >= 0.6 is 0 Å². The Morgan fingerprint density at radius 1 is 1.25 bits per heavy atom. The smallest absolute Gasteiger partial charge is 0.379 e. The van der Waals surface area contributed by atoms with Crippen LogP contribution in [0, 0.1) is 17.2 Å². The highest BCUT2D eigenvalue weighted by Crippen LogP contribution is 2.37. The Labute approximate surface area is 205 Å². The number of carbonyl (C=O) groups is 1. The molecule has 36 heavy (non-hydrogen) atoms. The normalized spacial score (nSPS) is 17.4. The van der Waals surface area contributed by atoms with Crippen molar-refractivity contribution in [3.63, 3.8) is 0 Å². The molecular weight excluding hydrogens is 477 g/mol. The molecule has 4 rings (SSSR count). The maximum atomic E-state index is 13.3. The van der Waals surface area contributed by atoms with Crippen LogP contribution in [-0.4, -0.2) is 58.3 Å². The molecule has 192 valence electrons. The minimum Gasteiger partial charge on any atom is -0.379 e. The van der Waals surface area contributed by atoms with Gasteiger partial charge in [-0.3, -0.25) is 14.6 Å². The number of hydrogen-bond donors (Lipinski definition) is 2. The Hall–Kier alpha value is -3.46. The molecule has 2 aromatic heterocycles. The van der Waals surface area contributed by atoms with E-state index >= 15 is 0 Å². The van der Waals surface area contributed by atoms with E-state index in [0.717, 1.165) is 37.6 Å². The lowest BCUT2D eigenvalue weighted by Gasteiger charge is -2.32. The number of ether oxygens (including phenoxy) is 1. The summed E-state index contributed by atoms with van der Waals surface area (Å²) >= 11 is 0. The van der Waals surface area contributed by atoms with Crippen LogP contribution in [0.1, 0.15) is 54.8 Å². The maximum Gasteiger partial charge on any atom is 0.423 e. The summed E-state index contributed by atoms with van der Waals surface area (Å²) in [4.78, 5) is 30.5. The Morgan fingerprint density at radius 3 is 2.61 bits per heavy atom. The molecule has 1 atom stereocenters. The van der Waals surface area contributed by atoms with Crippen LogP contribution in [0.15, 0.2) is 29.3 Å². The molecule has 1 amide bonds. The van der Waals surface area contributed by atoms with E-state index in [4.69, 9.17) is 10.00 Å². The molecule has 0 aromatic carbocycles. The SMILES string of the molecule is N#Cc1ccc(C2CCN(C(=O)CCOC[C@@H](Nc3cn[nH]c(=O)c3C(F)(F)F)C3CC3)CC2)nc1. The van der Waals surface area contributed by atoms with Crippen LogP contribution in [0.5, 0.6) is 0 Å². The van der Waals surface area contributed by atoms with E-state index in [9.17, 15) is 22.8 Å². The van der Waals surface area contributed by atoms with E-state index in [2.05, 4.69) is 15.4 Å². The number of amides is 1. The Morgan fingerprint density at radius 2 is 2.00 bits per heavy atom. The van der Waals surface area contributed by atoms with Crippen LogP contribution in [0.25, 0.3) is 0 Å². The molecule has 2 aliphatic rings. The molecule has 2 aromatic rings. The van der Waals surface area contributed by atoms with Gasteiger partial charge in [-0.15, -0.1) is 0 Å². The summed E-state index contributed by atoms with van der Waals surface area (Å²) in [7, 11) is 0. The number of carbonyl (C=O) groups excluding carboxylic acids is 1. The van der Waals surface area contributed by atoms with Gasteiger partial charge in [0.15, 0.2) is 0 Å². The summed E-state index contributed by atoms with van der Waals surface area (Å²) in [5, 5.41) is 17.0. The van der Waals surface area contributed by atoms with Crippen molar-refractivity contribution in [1.82, 2.24) is 20.1 Å². The van der Waals surface area contributed by atoms with Crippen molar-refractivity contribution < 1.29 is 22.7 Å². The molecule has 1 saturated heterocycles. The standard InChI is InChI=1S/C24H27F3N6O3/c25-24(26,27)22-19(13-30-32-23(22)35)31-20(16-2-3-16)14-36-10-7-21(34)33-8-5-17(6-9-33)18-4-1-15(11-28)12-29-18/h1,4,12-13,16-17,20H,2-3,5-10,14H2,(H2,31,32,35)/t20-/m1/s1. The number of aromatic nitrogens is 3. The van der Waals surface area contributed by atoms with Crippen molar-refractivity contribution in [2.75, 3.05) is 31.6 Å². The monoisotopic (exact) mass is 504 g/mol. The third kappa shape index (κ3) is 6.40. The molecule has 3 heterocycles. The van der Waals surface area contributed by atoms with Crippen molar-refractivity contribution in [2.24, 2.45) is 5.92 Å². The first-order valence-electron chi connectivity index (χ1n) is 11.9. The van der Waals surface area contributed by atoms with Gasteiger partial charge in [0.25, 0.3) is 5.56 Å². The van der Waals surface area contributed by atoms with E-state index in [1.165, 1.54) is 0 Å². The fraction of sp³-hybridized carbons (Fsp3) is 0.542. The number of pyridine rings is 1. The summed E-state index contributed by atoms with van der Waals surface area (Å²) in [5.74, 6) is 0.343. The number of nitrogens with zero attached hydrogens (tertiary/aromatic N) is 4. The van der Waals surface area contributed by atoms with Crippen molar-refractivity contribution in [3.05, 3.63) is 51.7 Å². The molecule has 0 radical (unpaired) electrons. The molecule has 2 fully saturated rings. The molecule has 12 heteroatoms. The number of nitrogens with one attached hydrogen (secondary N) is 2. The molecule has 1 aliphatic heterocycles. The zero-order chi connectivity index (χ0) is 25.7. The minimum atomic E-state index is -4.82. The third-order valence-electron chi connectivity index (χ3n) is 6.61. The van der Waals surface area contributed by atoms with Crippen molar-refractivity contribution in [2.45, 2.75) is 50.2 Å². The van der Waals surface area contributed by atoms with Gasteiger partial charge in [0.2, 0.25) is 5.91 Å². The zero-order valence-corrected chi connectivity index (χ0v) is 19.6. The molecule has 1 aliphatic carbocycles. The van der Waals surface area contributed by atoms with Crippen LogP contribution in [0.4, 0.5) is 18.9 Å². The quantitative estimate of drug-likeness (QED) is 0.503. The minimum absolute atomic E-state index is 0.0321. The number of likely N-dealkylation sites (tertiary alicyclic amines) is 1. The molecule has 9 nitrogen and oxygen atoms in total. The Kier molecular flexibility index (Phi) is 7.88. The van der Waals surface area contributed by atoms with Gasteiger partial charge >= 0.3 is 6.18 Å². The second-order valence-electron chi connectivity index (χ2n) is 9.14. The number of aromatic amines is 1. The van der Waals surface area contributed by atoms with Crippen LogP contribution < -0.4 is 10.9 Å². The lowest BCUT2D eigenvalue weighted by atomic mass is 9.92. The van der Waals surface area contributed by atoms with Crippen LogP contribution in [-0.2, 0) is 15.7 Å². The first kappa shape index (κ1) is 25.6. The number of alkyl halides is 3. The second kappa shape index (κ2) is 11.1. The highest BCUT2D eigenvalue weighted by Gasteiger charge is 2.39. The number of H-pyrrole nitrogens is 1. The number of anilines is 1. The van der Waals surface area contributed by atoms with E-state index < -0.39 is 23.3 Å². The predicted molar refractivity (Wildman–Crippen MR) is 123 cm³/mol. The average Bonchev–Trinajstić information content (AvgIpc) is 3.71. The first-order chi connectivity index (χ1) is 17.3. The van der Waals surface area contributed by atoms with Crippen molar-refractivity contribution in [1.29, 1.82) is 5.26 Å². The maximum absolute atomic E-state index is 13.3. The Balaban J connectivity index is 1.23. The van der Waals surface area contributed by atoms with Gasteiger partial charge in [0.1, 0.15) is 11.6 Å². The summed E-state index contributed by atoms with van der Waals surface area (Å²) in [5.41, 5.74) is -1.54. The van der Waals surface area contributed by atoms with Gasteiger partial charge in [-0.2, -0.15) is 23.5 Å². The fourth-order valence-electron chi connectivity index (χ4n) is 4.45.